The standard InChI is InChI=1S/C14H27O2.2ClH.Sn/c1-13(2,3)11-8-7-10(9-15)16-12(11)14(4,5)6;;;/h10-12H,7-9H2,1-6H3;2*1H;/q-1;;;+3/p-2. The van der Waals surface area contributed by atoms with Gasteiger partial charge >= 0.3 is 134 Å². The van der Waals surface area contributed by atoms with Gasteiger partial charge in [-0.25, -0.2) is 0 Å². The Hall–Kier alpha value is 1.30. The van der Waals surface area contributed by atoms with E-state index in [1.807, 2.05) is 0 Å². The molecule has 1 rings (SSSR count). The molecule has 3 atom stereocenters. The van der Waals surface area contributed by atoms with E-state index in [1.54, 1.807) is 0 Å². The number of halogens is 2. The molecule has 0 saturated carbocycles. The Kier molecular flexibility index (Phi) is 6.80. The summed E-state index contributed by atoms with van der Waals surface area (Å²) >= 11 is -2.50. The first-order valence-electron chi connectivity index (χ1n) is 6.98. The molecule has 1 fully saturated rings. The molecule has 1 radical (unpaired) electrons. The van der Waals surface area contributed by atoms with E-state index in [-0.39, 0.29) is 23.0 Å². The molecule has 0 aromatic heterocycles. The maximum atomic E-state index is 6.33. The fourth-order valence-corrected chi connectivity index (χ4v) is 4.60. The molecule has 0 aromatic rings. The normalized spacial score (nSPS) is 29.8. The van der Waals surface area contributed by atoms with Gasteiger partial charge in [0.2, 0.25) is 0 Å². The maximum absolute atomic E-state index is 6.33. The van der Waals surface area contributed by atoms with Gasteiger partial charge in [0, 0.05) is 0 Å². The molecule has 1 saturated heterocycles. The van der Waals surface area contributed by atoms with Crippen LogP contribution in [-0.2, 0) is 7.81 Å². The van der Waals surface area contributed by atoms with Gasteiger partial charge < -0.3 is 0 Å². The molecule has 0 N–H and O–H groups in total. The molecule has 5 heteroatoms. The van der Waals surface area contributed by atoms with Crippen LogP contribution < -0.4 is 0 Å². The van der Waals surface area contributed by atoms with Gasteiger partial charge in [0.05, 0.1) is 0 Å². The summed E-state index contributed by atoms with van der Waals surface area (Å²) in [6, 6.07) is 0. The van der Waals surface area contributed by atoms with E-state index in [9.17, 15) is 0 Å². The Bertz CT molecular complexity index is 284. The van der Waals surface area contributed by atoms with Crippen LogP contribution in [-0.4, -0.2) is 36.7 Å². The monoisotopic (exact) mass is 417 g/mol. The zero-order chi connectivity index (χ0) is 14.8. The van der Waals surface area contributed by atoms with Crippen molar-refractivity contribution in [2.75, 3.05) is 6.61 Å². The molecule has 0 amide bonds. The van der Waals surface area contributed by atoms with Crippen molar-refractivity contribution in [3.63, 3.8) is 0 Å². The molecule has 0 aromatic carbocycles. The van der Waals surface area contributed by atoms with Crippen LogP contribution in [0.1, 0.15) is 54.4 Å². The molecular weight excluding hydrogens is 390 g/mol. The third-order valence-corrected chi connectivity index (χ3v) is 6.41. The zero-order valence-corrected chi connectivity index (χ0v) is 17.3. The van der Waals surface area contributed by atoms with Crippen molar-refractivity contribution in [2.24, 2.45) is 16.7 Å². The summed E-state index contributed by atoms with van der Waals surface area (Å²) in [5, 5.41) is 0. The SMILES string of the molecule is CC(C)(C)C1CCC(C[O][Sn]([Cl])[Cl])OC1C(C)(C)C. The van der Waals surface area contributed by atoms with Crippen LogP contribution in [0.2, 0.25) is 0 Å². The summed E-state index contributed by atoms with van der Waals surface area (Å²) in [5.74, 6) is 0.578. The number of rotatable bonds is 3. The van der Waals surface area contributed by atoms with E-state index < -0.39 is 17.9 Å². The van der Waals surface area contributed by atoms with Gasteiger partial charge in [-0.05, 0) is 0 Å². The second-order valence-electron chi connectivity index (χ2n) is 7.63. The van der Waals surface area contributed by atoms with Crippen LogP contribution in [0.3, 0.4) is 0 Å². The zero-order valence-electron chi connectivity index (χ0n) is 12.9. The fraction of sp³-hybridized carbons (Fsp3) is 1.00. The number of hydrogen-bond acceptors (Lipinski definition) is 2. The first kappa shape index (κ1) is 18.3. The average molecular weight is 417 g/mol. The third-order valence-electron chi connectivity index (χ3n) is 3.85. The first-order chi connectivity index (χ1) is 8.51. The second-order valence-corrected chi connectivity index (χ2v) is 15.6. The Morgan fingerprint density at radius 1 is 1.05 bits per heavy atom. The van der Waals surface area contributed by atoms with Crippen molar-refractivity contribution >= 4 is 35.8 Å². The average Bonchev–Trinajstić information content (AvgIpc) is 2.23. The molecule has 1 aliphatic heterocycles. The molecule has 1 aliphatic rings. The molecule has 113 valence electrons. The number of hydrogen-bond donors (Lipinski definition) is 0. The minimum atomic E-state index is -2.50. The summed E-state index contributed by atoms with van der Waals surface area (Å²) in [4.78, 5) is 0. The van der Waals surface area contributed by atoms with Crippen LogP contribution in [0.5, 0.6) is 0 Å². The van der Waals surface area contributed by atoms with Crippen LogP contribution >= 0.6 is 17.8 Å². The van der Waals surface area contributed by atoms with Crippen molar-refractivity contribution in [3.8, 4) is 0 Å². The van der Waals surface area contributed by atoms with Gasteiger partial charge in [-0.3, -0.25) is 0 Å². The summed E-state index contributed by atoms with van der Waals surface area (Å²) in [7, 11) is 11.6. The van der Waals surface area contributed by atoms with E-state index in [4.69, 9.17) is 25.7 Å². The van der Waals surface area contributed by atoms with Gasteiger partial charge in [0.15, 0.2) is 0 Å². The van der Waals surface area contributed by atoms with E-state index in [0.717, 1.165) is 6.42 Å². The van der Waals surface area contributed by atoms with Crippen LogP contribution in [0, 0.1) is 16.7 Å². The topological polar surface area (TPSA) is 18.5 Å². The van der Waals surface area contributed by atoms with E-state index in [1.165, 1.54) is 6.42 Å². The first-order valence-corrected chi connectivity index (χ1v) is 15.4. The van der Waals surface area contributed by atoms with Gasteiger partial charge in [-0.2, -0.15) is 0 Å². The van der Waals surface area contributed by atoms with E-state index in [0.29, 0.717) is 12.5 Å². The van der Waals surface area contributed by atoms with Gasteiger partial charge in [-0.1, -0.05) is 0 Å². The summed E-state index contributed by atoms with van der Waals surface area (Å²) in [6.07, 6.45) is 2.63. The molecule has 3 unspecified atom stereocenters. The van der Waals surface area contributed by atoms with Gasteiger partial charge in [-0.15, -0.1) is 0 Å². The van der Waals surface area contributed by atoms with Crippen molar-refractivity contribution in [3.05, 3.63) is 0 Å². The van der Waals surface area contributed by atoms with Crippen LogP contribution in [0.15, 0.2) is 0 Å². The molecule has 19 heavy (non-hydrogen) atoms. The van der Waals surface area contributed by atoms with Gasteiger partial charge in [0.25, 0.3) is 0 Å². The van der Waals surface area contributed by atoms with Crippen molar-refractivity contribution in [1.82, 2.24) is 0 Å². The molecule has 0 bridgehead atoms. The van der Waals surface area contributed by atoms with Crippen molar-refractivity contribution in [2.45, 2.75) is 66.6 Å². The van der Waals surface area contributed by atoms with Crippen LogP contribution in [0.4, 0.5) is 0 Å². The van der Waals surface area contributed by atoms with Gasteiger partial charge in [0.1, 0.15) is 0 Å². The minimum absolute atomic E-state index is 0.139. The Morgan fingerprint density at radius 2 is 1.63 bits per heavy atom. The Labute approximate surface area is 133 Å². The molecule has 2 nitrogen and oxygen atoms in total. The fourth-order valence-electron chi connectivity index (χ4n) is 2.86. The van der Waals surface area contributed by atoms with E-state index >= 15 is 0 Å². The van der Waals surface area contributed by atoms with E-state index in [2.05, 4.69) is 41.5 Å². The molecule has 0 aliphatic carbocycles. The van der Waals surface area contributed by atoms with Crippen molar-refractivity contribution < 1.29 is 7.81 Å². The predicted molar refractivity (Wildman–Crippen MR) is 83.7 cm³/mol. The molecular formula is C14H27Cl2O2Sn. The predicted octanol–water partition coefficient (Wildman–Crippen LogP) is 4.72. The molecule has 0 spiro atoms. The second kappa shape index (κ2) is 7.04. The van der Waals surface area contributed by atoms with Crippen LogP contribution in [0.25, 0.3) is 0 Å². The summed E-state index contributed by atoms with van der Waals surface area (Å²) < 4.78 is 11.8. The quantitative estimate of drug-likeness (QED) is 0.619. The summed E-state index contributed by atoms with van der Waals surface area (Å²) in [6.45, 7) is 14.2. The number of ether oxygens (including phenoxy) is 1. The molecule has 1 heterocycles. The Balaban J connectivity index is 2.72. The third kappa shape index (κ3) is 5.90. The summed E-state index contributed by atoms with van der Waals surface area (Å²) in [5.41, 5.74) is 0.407. The van der Waals surface area contributed by atoms with Crippen molar-refractivity contribution in [1.29, 1.82) is 0 Å². The Morgan fingerprint density at radius 3 is 2.05 bits per heavy atom.